The highest BCUT2D eigenvalue weighted by Crippen LogP contribution is 2.23. The normalized spacial score (nSPS) is 16.5. The molecule has 0 atom stereocenters. The van der Waals surface area contributed by atoms with Gasteiger partial charge in [-0.05, 0) is 32.9 Å². The van der Waals surface area contributed by atoms with Crippen LogP contribution < -0.4 is 0 Å². The average molecular weight is 201 g/mol. The molecule has 1 nitrogen and oxygen atoms in total. The molecule has 1 heteroatoms. The molecule has 1 rings (SSSR count). The van der Waals surface area contributed by atoms with Gasteiger partial charge in [-0.25, -0.2) is 0 Å². The van der Waals surface area contributed by atoms with Crippen LogP contribution >= 0.6 is 0 Å². The summed E-state index contributed by atoms with van der Waals surface area (Å²) in [6.07, 6.45) is 7.36. The summed E-state index contributed by atoms with van der Waals surface area (Å²) in [6.45, 7) is 9.31. The minimum Gasteiger partial charge on any atom is -0.309 e. The number of hydrogen-bond donors (Lipinski definition) is 0. The third-order valence-electron chi connectivity index (χ3n) is 2.35. The zero-order valence-electron chi connectivity index (χ0n) is 11.3. The second-order valence-corrected chi connectivity index (χ2v) is 3.77. The first-order valence-electron chi connectivity index (χ1n) is 6.44. The van der Waals surface area contributed by atoms with Crippen LogP contribution in [0.5, 0.6) is 0 Å². The van der Waals surface area contributed by atoms with Crippen molar-refractivity contribution in [2.45, 2.75) is 59.8 Å². The zero-order valence-corrected chi connectivity index (χ0v) is 11.3. The molecule has 1 aliphatic carbocycles. The highest BCUT2D eigenvalue weighted by molar-refractivity contribution is 4.67. The molecule has 0 aromatic heterocycles. The quantitative estimate of drug-likeness (QED) is 0.648. The third kappa shape index (κ3) is 10.0. The maximum absolute atomic E-state index is 2.32. The summed E-state index contributed by atoms with van der Waals surface area (Å²) in [5.74, 6) is 1.00. The third-order valence-corrected chi connectivity index (χ3v) is 2.35. The molecule has 0 heterocycles. The predicted octanol–water partition coefficient (Wildman–Crippen LogP) is 4.18. The molecular formula is C13H31N. The van der Waals surface area contributed by atoms with E-state index in [0.717, 1.165) is 5.92 Å². The molecule has 88 valence electrons. The van der Waals surface area contributed by atoms with Crippen molar-refractivity contribution in [3.63, 3.8) is 0 Å². The maximum atomic E-state index is 2.32. The van der Waals surface area contributed by atoms with E-state index in [1.165, 1.54) is 38.6 Å². The van der Waals surface area contributed by atoms with E-state index in [-0.39, 0.29) is 0 Å². The Morgan fingerprint density at radius 1 is 0.857 bits per heavy atom. The van der Waals surface area contributed by atoms with Gasteiger partial charge in [0.1, 0.15) is 0 Å². The Bertz CT molecular complexity index is 83.2. The molecule has 0 amide bonds. The molecule has 0 aliphatic heterocycles. The van der Waals surface area contributed by atoms with E-state index in [9.17, 15) is 0 Å². The zero-order chi connectivity index (χ0) is 11.4. The van der Waals surface area contributed by atoms with Gasteiger partial charge in [-0.15, -0.1) is 0 Å². The molecule has 0 saturated heterocycles. The van der Waals surface area contributed by atoms with Gasteiger partial charge in [0.2, 0.25) is 0 Å². The second-order valence-electron chi connectivity index (χ2n) is 3.77. The number of hydrogen-bond acceptors (Lipinski definition) is 1. The van der Waals surface area contributed by atoms with Crippen LogP contribution in [0.25, 0.3) is 0 Å². The van der Waals surface area contributed by atoms with Crippen LogP contribution in [0.15, 0.2) is 0 Å². The monoisotopic (exact) mass is 201 g/mol. The SMILES string of the molecule is CC.CC.CN(C)CC1CCCCC1. The van der Waals surface area contributed by atoms with Crippen LogP contribution in [0.3, 0.4) is 0 Å². The van der Waals surface area contributed by atoms with E-state index < -0.39 is 0 Å². The van der Waals surface area contributed by atoms with Crippen molar-refractivity contribution in [3.05, 3.63) is 0 Å². The van der Waals surface area contributed by atoms with Gasteiger partial charge in [-0.3, -0.25) is 0 Å². The summed E-state index contributed by atoms with van der Waals surface area (Å²) >= 11 is 0. The maximum Gasteiger partial charge on any atom is 0.000356 e. The molecule has 1 fully saturated rings. The van der Waals surface area contributed by atoms with Gasteiger partial charge in [-0.2, -0.15) is 0 Å². The van der Waals surface area contributed by atoms with Crippen LogP contribution in [0.2, 0.25) is 0 Å². The molecule has 1 aliphatic rings. The largest absolute Gasteiger partial charge is 0.309 e. The highest BCUT2D eigenvalue weighted by atomic mass is 15.1. The molecule has 0 bridgehead atoms. The first-order chi connectivity index (χ1) is 6.79. The summed E-state index contributed by atoms with van der Waals surface area (Å²) in [5, 5.41) is 0. The van der Waals surface area contributed by atoms with Crippen LogP contribution in [-0.4, -0.2) is 25.5 Å². The topological polar surface area (TPSA) is 3.24 Å². The summed E-state index contributed by atoms with van der Waals surface area (Å²) in [6, 6.07) is 0. The van der Waals surface area contributed by atoms with Crippen molar-refractivity contribution in [2.24, 2.45) is 5.92 Å². The Balaban J connectivity index is 0. The lowest BCUT2D eigenvalue weighted by atomic mass is 9.89. The minimum atomic E-state index is 1.00. The fourth-order valence-electron chi connectivity index (χ4n) is 1.89. The molecule has 0 spiro atoms. The van der Waals surface area contributed by atoms with Crippen LogP contribution in [0.1, 0.15) is 59.8 Å². The van der Waals surface area contributed by atoms with Crippen LogP contribution in [0, 0.1) is 5.92 Å². The Labute approximate surface area is 91.9 Å². The van der Waals surface area contributed by atoms with Crippen molar-refractivity contribution >= 4 is 0 Å². The molecule has 0 aromatic rings. The predicted molar refractivity (Wildman–Crippen MR) is 67.8 cm³/mol. The molecule has 0 unspecified atom stereocenters. The van der Waals surface area contributed by atoms with E-state index in [2.05, 4.69) is 19.0 Å². The van der Waals surface area contributed by atoms with Crippen molar-refractivity contribution in [1.82, 2.24) is 4.90 Å². The van der Waals surface area contributed by atoms with Crippen LogP contribution in [0.4, 0.5) is 0 Å². The first kappa shape index (κ1) is 16.4. The minimum absolute atomic E-state index is 1.00. The van der Waals surface area contributed by atoms with Gasteiger partial charge in [0.05, 0.1) is 0 Å². The molecule has 1 saturated carbocycles. The van der Waals surface area contributed by atoms with Gasteiger partial charge < -0.3 is 4.90 Å². The Morgan fingerprint density at radius 3 is 1.64 bits per heavy atom. The van der Waals surface area contributed by atoms with E-state index in [4.69, 9.17) is 0 Å². The van der Waals surface area contributed by atoms with Crippen LogP contribution in [-0.2, 0) is 0 Å². The van der Waals surface area contributed by atoms with E-state index in [1.54, 1.807) is 0 Å². The van der Waals surface area contributed by atoms with Gasteiger partial charge in [0, 0.05) is 6.54 Å². The molecular weight excluding hydrogens is 170 g/mol. The molecule has 0 N–H and O–H groups in total. The van der Waals surface area contributed by atoms with Crippen molar-refractivity contribution in [1.29, 1.82) is 0 Å². The molecule has 14 heavy (non-hydrogen) atoms. The lowest BCUT2D eigenvalue weighted by Crippen LogP contribution is -2.23. The second kappa shape index (κ2) is 13.0. The number of rotatable bonds is 2. The average Bonchev–Trinajstić information content (AvgIpc) is 2.24. The fraction of sp³-hybridized carbons (Fsp3) is 1.00. The van der Waals surface area contributed by atoms with Gasteiger partial charge in [0.25, 0.3) is 0 Å². The van der Waals surface area contributed by atoms with Crippen molar-refractivity contribution in [2.75, 3.05) is 20.6 Å². The summed E-state index contributed by atoms with van der Waals surface area (Å²) in [5.41, 5.74) is 0. The standard InChI is InChI=1S/C9H19N.2C2H6/c1-10(2)8-9-6-4-3-5-7-9;2*1-2/h9H,3-8H2,1-2H3;2*1-2H3. The first-order valence-corrected chi connectivity index (χ1v) is 6.44. The van der Waals surface area contributed by atoms with Gasteiger partial charge in [0.15, 0.2) is 0 Å². The Morgan fingerprint density at radius 2 is 1.29 bits per heavy atom. The van der Waals surface area contributed by atoms with Gasteiger partial charge in [-0.1, -0.05) is 47.0 Å². The summed E-state index contributed by atoms with van der Waals surface area (Å²) < 4.78 is 0. The van der Waals surface area contributed by atoms with E-state index in [1.807, 2.05) is 27.7 Å². The van der Waals surface area contributed by atoms with E-state index in [0.29, 0.717) is 0 Å². The summed E-state index contributed by atoms with van der Waals surface area (Å²) in [4.78, 5) is 2.32. The molecule has 0 radical (unpaired) electrons. The smallest absolute Gasteiger partial charge is 0.000356 e. The lowest BCUT2D eigenvalue weighted by molar-refractivity contribution is 0.264. The lowest BCUT2D eigenvalue weighted by Gasteiger charge is -2.24. The highest BCUT2D eigenvalue weighted by Gasteiger charge is 2.13. The Kier molecular flexibility index (Phi) is 15.2. The van der Waals surface area contributed by atoms with Crippen molar-refractivity contribution in [3.8, 4) is 0 Å². The fourth-order valence-corrected chi connectivity index (χ4v) is 1.89. The van der Waals surface area contributed by atoms with Crippen molar-refractivity contribution < 1.29 is 0 Å². The van der Waals surface area contributed by atoms with E-state index >= 15 is 0 Å². The molecule has 0 aromatic carbocycles. The summed E-state index contributed by atoms with van der Waals surface area (Å²) in [7, 11) is 4.35. The Hall–Kier alpha value is -0.0400. The number of nitrogens with zero attached hydrogens (tertiary/aromatic N) is 1. The van der Waals surface area contributed by atoms with Gasteiger partial charge >= 0.3 is 0 Å².